The summed E-state index contributed by atoms with van der Waals surface area (Å²) in [5.74, 6) is -0.165. The highest BCUT2D eigenvalue weighted by Gasteiger charge is 2.06. The Bertz CT molecular complexity index is 376. The molecule has 0 radical (unpaired) electrons. The molecule has 4 nitrogen and oxygen atoms in total. The summed E-state index contributed by atoms with van der Waals surface area (Å²) in [6.07, 6.45) is 0. The third-order valence-corrected chi connectivity index (χ3v) is 1.83. The van der Waals surface area contributed by atoms with Gasteiger partial charge in [-0.2, -0.15) is 8.42 Å². The van der Waals surface area contributed by atoms with E-state index in [4.69, 9.17) is 15.8 Å². The Morgan fingerprint density at radius 3 is 2.42 bits per heavy atom. The van der Waals surface area contributed by atoms with Crippen molar-refractivity contribution in [3.05, 3.63) is 24.3 Å². The second-order valence-corrected chi connectivity index (χ2v) is 4.36. The first kappa shape index (κ1) is 9.15. The molecule has 0 fully saturated rings. The molecule has 0 saturated carbocycles. The highest BCUT2D eigenvalue weighted by molar-refractivity contribution is 8.14. The smallest absolute Gasteiger partial charge is 0.319 e. The van der Waals surface area contributed by atoms with Gasteiger partial charge in [0.05, 0.1) is 5.69 Å². The number of rotatable bonds is 2. The zero-order valence-electron chi connectivity index (χ0n) is 5.86. The zero-order chi connectivity index (χ0) is 9.19. The number of hydrogen-bond donors (Lipinski definition) is 2. The average molecular weight is 208 g/mol. The molecule has 2 N–H and O–H groups in total. The van der Waals surface area contributed by atoms with E-state index in [0.29, 0.717) is 0 Å². The molecule has 0 spiro atoms. The molecule has 0 aliphatic rings. The Hall–Kier alpha value is -0.940. The topological polar surface area (TPSA) is 66.4 Å². The molecule has 0 atom stereocenters. The Labute approximate surface area is 74.3 Å². The van der Waals surface area contributed by atoms with E-state index in [1.807, 2.05) is 4.72 Å². The average Bonchev–Trinajstić information content (AvgIpc) is 1.91. The molecule has 0 unspecified atom stereocenters. The van der Waals surface area contributed by atoms with Gasteiger partial charge in [0.2, 0.25) is 0 Å². The van der Waals surface area contributed by atoms with Gasteiger partial charge in [0.15, 0.2) is 0 Å². The van der Waals surface area contributed by atoms with Gasteiger partial charge in [0, 0.05) is 10.7 Å². The summed E-state index contributed by atoms with van der Waals surface area (Å²) < 4.78 is 22.9. The molecule has 0 aliphatic carbocycles. The lowest BCUT2D eigenvalue weighted by molar-refractivity contribution is 0.478. The molecule has 0 amide bonds. The van der Waals surface area contributed by atoms with Gasteiger partial charge in [-0.25, -0.2) is 0 Å². The van der Waals surface area contributed by atoms with Crippen molar-refractivity contribution in [1.29, 1.82) is 0 Å². The number of hydrogen-bond acceptors (Lipinski definition) is 3. The number of para-hydroxylation sites is 2. The minimum Gasteiger partial charge on any atom is -0.506 e. The lowest BCUT2D eigenvalue weighted by Crippen LogP contribution is -2.03. The standard InChI is InChI=1S/C6H6ClNO3S/c7-12(10,11)8-5-3-1-2-4-6(5)9/h1-4,8-9H. The van der Waals surface area contributed by atoms with Crippen LogP contribution >= 0.6 is 10.7 Å². The summed E-state index contributed by atoms with van der Waals surface area (Å²) in [6, 6.07) is 5.89. The summed E-state index contributed by atoms with van der Waals surface area (Å²) in [5, 5.41) is 9.09. The second-order valence-electron chi connectivity index (χ2n) is 2.06. The molecule has 6 heteroatoms. The van der Waals surface area contributed by atoms with Crippen LogP contribution in [0.2, 0.25) is 0 Å². The summed E-state index contributed by atoms with van der Waals surface area (Å²) in [5.41, 5.74) is 0.0625. The van der Waals surface area contributed by atoms with Crippen molar-refractivity contribution in [2.45, 2.75) is 0 Å². The molecule has 12 heavy (non-hydrogen) atoms. The van der Waals surface area contributed by atoms with Gasteiger partial charge in [0.1, 0.15) is 5.75 Å². The quantitative estimate of drug-likeness (QED) is 0.567. The number of nitrogens with one attached hydrogen (secondary N) is 1. The first-order chi connectivity index (χ1) is 5.49. The SMILES string of the molecule is O=S(=O)(Cl)Nc1ccccc1O. The first-order valence-electron chi connectivity index (χ1n) is 2.99. The summed E-state index contributed by atoms with van der Waals surface area (Å²) in [4.78, 5) is 0. The molecule has 0 aliphatic heterocycles. The van der Waals surface area contributed by atoms with E-state index < -0.39 is 9.24 Å². The van der Waals surface area contributed by atoms with Gasteiger partial charge in [-0.3, -0.25) is 4.72 Å². The van der Waals surface area contributed by atoms with Crippen LogP contribution in [0.15, 0.2) is 24.3 Å². The Morgan fingerprint density at radius 2 is 1.92 bits per heavy atom. The van der Waals surface area contributed by atoms with Crippen LogP contribution in [0.1, 0.15) is 0 Å². The maximum atomic E-state index is 10.5. The van der Waals surface area contributed by atoms with Gasteiger partial charge in [0.25, 0.3) is 0 Å². The fourth-order valence-corrected chi connectivity index (χ4v) is 1.38. The lowest BCUT2D eigenvalue weighted by atomic mass is 10.3. The maximum Gasteiger partial charge on any atom is 0.319 e. The normalized spacial score (nSPS) is 11.1. The van der Waals surface area contributed by atoms with Gasteiger partial charge in [-0.05, 0) is 12.1 Å². The summed E-state index contributed by atoms with van der Waals surface area (Å²) in [7, 11) is 1.05. The van der Waals surface area contributed by atoms with Crippen LogP contribution in [0.25, 0.3) is 0 Å². The molecule has 0 aromatic heterocycles. The molecular formula is C6H6ClNO3S. The third kappa shape index (κ3) is 2.60. The van der Waals surface area contributed by atoms with Crippen molar-refractivity contribution < 1.29 is 13.5 Å². The Balaban J connectivity index is 2.98. The zero-order valence-corrected chi connectivity index (χ0v) is 7.43. The fourth-order valence-electron chi connectivity index (χ4n) is 0.691. The van der Waals surface area contributed by atoms with Crippen molar-refractivity contribution >= 4 is 25.6 Å². The van der Waals surface area contributed by atoms with Crippen LogP contribution in [0, 0.1) is 0 Å². The van der Waals surface area contributed by atoms with Crippen LogP contribution in [0.5, 0.6) is 5.75 Å². The predicted molar refractivity (Wildman–Crippen MR) is 46.5 cm³/mol. The lowest BCUT2D eigenvalue weighted by Gasteiger charge is -2.02. The maximum absolute atomic E-state index is 10.5. The van der Waals surface area contributed by atoms with E-state index in [0.717, 1.165) is 0 Å². The number of halogens is 1. The summed E-state index contributed by atoms with van der Waals surface area (Å²) in [6.45, 7) is 0. The van der Waals surface area contributed by atoms with E-state index in [-0.39, 0.29) is 11.4 Å². The largest absolute Gasteiger partial charge is 0.506 e. The second kappa shape index (κ2) is 3.20. The molecule has 1 aromatic rings. The fraction of sp³-hybridized carbons (Fsp3) is 0. The van der Waals surface area contributed by atoms with E-state index in [1.165, 1.54) is 12.1 Å². The van der Waals surface area contributed by atoms with Crippen molar-refractivity contribution in [3.63, 3.8) is 0 Å². The number of phenols is 1. The van der Waals surface area contributed by atoms with Crippen LogP contribution in [0.3, 0.4) is 0 Å². The monoisotopic (exact) mass is 207 g/mol. The molecule has 1 aromatic carbocycles. The van der Waals surface area contributed by atoms with Crippen molar-refractivity contribution in [1.82, 2.24) is 0 Å². The van der Waals surface area contributed by atoms with E-state index >= 15 is 0 Å². The van der Waals surface area contributed by atoms with Crippen molar-refractivity contribution in [2.75, 3.05) is 4.72 Å². The molecule has 0 heterocycles. The van der Waals surface area contributed by atoms with E-state index in [9.17, 15) is 8.42 Å². The van der Waals surface area contributed by atoms with Crippen LogP contribution < -0.4 is 4.72 Å². The molecule has 1 rings (SSSR count). The van der Waals surface area contributed by atoms with E-state index in [1.54, 1.807) is 12.1 Å². The van der Waals surface area contributed by atoms with Gasteiger partial charge < -0.3 is 5.11 Å². The third-order valence-electron chi connectivity index (χ3n) is 1.14. The number of aromatic hydroxyl groups is 1. The number of phenolic OH excluding ortho intramolecular Hbond substituents is 1. The van der Waals surface area contributed by atoms with Gasteiger partial charge in [-0.15, -0.1) is 0 Å². The Morgan fingerprint density at radius 1 is 1.33 bits per heavy atom. The first-order valence-corrected chi connectivity index (χ1v) is 5.30. The van der Waals surface area contributed by atoms with Crippen molar-refractivity contribution in [3.8, 4) is 5.75 Å². The summed E-state index contributed by atoms with van der Waals surface area (Å²) >= 11 is 0. The predicted octanol–water partition coefficient (Wildman–Crippen LogP) is 1.29. The number of anilines is 1. The van der Waals surface area contributed by atoms with Crippen LogP contribution in [-0.2, 0) is 9.24 Å². The minimum atomic E-state index is -3.84. The van der Waals surface area contributed by atoms with Crippen LogP contribution in [0.4, 0.5) is 5.69 Å². The highest BCUT2D eigenvalue weighted by atomic mass is 35.7. The minimum absolute atomic E-state index is 0.0625. The van der Waals surface area contributed by atoms with Gasteiger partial charge >= 0.3 is 9.24 Å². The molecular weight excluding hydrogens is 202 g/mol. The van der Waals surface area contributed by atoms with Gasteiger partial charge in [-0.1, -0.05) is 12.1 Å². The molecule has 0 bridgehead atoms. The van der Waals surface area contributed by atoms with Crippen molar-refractivity contribution in [2.24, 2.45) is 0 Å². The number of benzene rings is 1. The van der Waals surface area contributed by atoms with E-state index in [2.05, 4.69) is 0 Å². The highest BCUT2D eigenvalue weighted by Crippen LogP contribution is 2.23. The molecule has 66 valence electrons. The Kier molecular flexibility index (Phi) is 2.44. The molecule has 0 saturated heterocycles. The van der Waals surface area contributed by atoms with Crippen LogP contribution in [-0.4, -0.2) is 13.5 Å².